The zero-order valence-electron chi connectivity index (χ0n) is 27.1. The number of nitrogens with zero attached hydrogens (tertiary/aromatic N) is 1. The fourth-order valence-electron chi connectivity index (χ4n) is 4.99. The van der Waals surface area contributed by atoms with Crippen LogP contribution < -0.4 is 4.74 Å². The summed E-state index contributed by atoms with van der Waals surface area (Å²) in [4.78, 5) is 47.3. The molecule has 0 aliphatic rings. The highest BCUT2D eigenvalue weighted by Gasteiger charge is 2.23. The first-order valence-corrected chi connectivity index (χ1v) is 16.0. The number of aromatic hydroxyl groups is 1. The lowest BCUT2D eigenvalue weighted by molar-refractivity contribution is -0.384. The van der Waals surface area contributed by atoms with Gasteiger partial charge in [0.25, 0.3) is 5.69 Å². The number of nitro benzene ring substituents is 1. The van der Waals surface area contributed by atoms with E-state index in [1.54, 1.807) is 24.3 Å². The van der Waals surface area contributed by atoms with Crippen molar-refractivity contribution >= 4 is 34.0 Å². The van der Waals surface area contributed by atoms with Gasteiger partial charge in [0, 0.05) is 41.5 Å². The van der Waals surface area contributed by atoms with Gasteiger partial charge in [0.15, 0.2) is 11.6 Å². The van der Waals surface area contributed by atoms with Crippen LogP contribution in [0.2, 0.25) is 0 Å². The molecule has 9 nitrogen and oxygen atoms in total. The van der Waals surface area contributed by atoms with Crippen molar-refractivity contribution in [3.63, 3.8) is 0 Å². The smallest absolute Gasteiger partial charge is 0.270 e. The summed E-state index contributed by atoms with van der Waals surface area (Å²) < 4.78 is 11.5. The molecule has 5 rings (SSSR count). The Kier molecular flexibility index (Phi) is 12.8. The molecular weight excluding hydrogens is 610 g/mol. The molecule has 248 valence electrons. The zero-order chi connectivity index (χ0) is 34.5. The maximum absolute atomic E-state index is 13.0. The molecule has 0 aliphatic heterocycles. The maximum atomic E-state index is 13.0. The van der Waals surface area contributed by atoms with Crippen molar-refractivity contribution in [2.45, 2.75) is 65.4 Å². The second kappa shape index (κ2) is 17.4. The first kappa shape index (κ1) is 35.3. The lowest BCUT2D eigenvalue weighted by Gasteiger charge is -2.07. The lowest BCUT2D eigenvalue weighted by atomic mass is 9.98. The van der Waals surface area contributed by atoms with Gasteiger partial charge in [-0.1, -0.05) is 57.0 Å². The van der Waals surface area contributed by atoms with Crippen LogP contribution in [-0.4, -0.2) is 27.4 Å². The van der Waals surface area contributed by atoms with E-state index in [4.69, 9.17) is 9.15 Å². The largest absolute Gasteiger partial charge is 0.508 e. The standard InChI is InChI=1S/C20H22O3.C19H17NO5/c1-2-3-9-18(21)14-20(22)17-10-12-19(13-11-17)23-15-16-7-5-4-6-8-16;1-2-3-4-17-18(19(22)12-5-8-14(21)9-6-12)15-11-13(20(23)24)7-10-16(15)25-17/h4-8,10-13H,2-3,9,14-15H2,1H3;5-11,21H,2-4H2,1H3. The minimum atomic E-state index is -0.493. The van der Waals surface area contributed by atoms with Crippen molar-refractivity contribution in [1.82, 2.24) is 0 Å². The summed E-state index contributed by atoms with van der Waals surface area (Å²) in [6.07, 6.45) is 4.65. The van der Waals surface area contributed by atoms with E-state index >= 15 is 0 Å². The van der Waals surface area contributed by atoms with E-state index < -0.39 is 4.92 Å². The molecule has 0 bridgehead atoms. The predicted octanol–water partition coefficient (Wildman–Crippen LogP) is 9.22. The minimum Gasteiger partial charge on any atom is -0.508 e. The Bertz CT molecular complexity index is 1840. The van der Waals surface area contributed by atoms with E-state index in [9.17, 15) is 29.6 Å². The Morgan fingerprint density at radius 3 is 2.15 bits per heavy atom. The Morgan fingerprint density at radius 2 is 1.50 bits per heavy atom. The molecular formula is C39H39NO8. The summed E-state index contributed by atoms with van der Waals surface area (Å²) in [6, 6.07) is 27.1. The minimum absolute atomic E-state index is 0.00970. The van der Waals surface area contributed by atoms with Gasteiger partial charge in [-0.3, -0.25) is 24.5 Å². The van der Waals surface area contributed by atoms with Gasteiger partial charge in [-0.05, 0) is 73.0 Å². The van der Waals surface area contributed by atoms with Crippen molar-refractivity contribution < 1.29 is 33.6 Å². The van der Waals surface area contributed by atoms with Gasteiger partial charge in [0.2, 0.25) is 0 Å². The zero-order valence-corrected chi connectivity index (χ0v) is 27.1. The van der Waals surface area contributed by atoms with E-state index in [0.717, 1.165) is 31.2 Å². The molecule has 9 heteroatoms. The Morgan fingerprint density at radius 1 is 0.833 bits per heavy atom. The first-order chi connectivity index (χ1) is 23.2. The second-order valence-corrected chi connectivity index (χ2v) is 11.4. The molecule has 0 unspecified atom stereocenters. The van der Waals surface area contributed by atoms with E-state index in [-0.39, 0.29) is 35.2 Å². The summed E-state index contributed by atoms with van der Waals surface area (Å²) in [5.74, 6) is 0.931. The number of rotatable bonds is 15. The fraction of sp³-hybridized carbons (Fsp3) is 0.256. The third-order valence-electron chi connectivity index (χ3n) is 7.66. The normalized spacial score (nSPS) is 10.6. The number of Topliss-reactive ketones (excluding diaryl/α,β-unsaturated/α-hetero) is 2. The summed E-state index contributed by atoms with van der Waals surface area (Å²) in [7, 11) is 0. The molecule has 0 saturated heterocycles. The van der Waals surface area contributed by atoms with Crippen LogP contribution in [0.4, 0.5) is 5.69 Å². The number of furan rings is 1. The van der Waals surface area contributed by atoms with Crippen molar-refractivity contribution in [3.05, 3.63) is 135 Å². The summed E-state index contributed by atoms with van der Waals surface area (Å²) >= 11 is 0. The third-order valence-corrected chi connectivity index (χ3v) is 7.66. The van der Waals surface area contributed by atoms with Crippen molar-refractivity contribution in [1.29, 1.82) is 0 Å². The molecule has 0 radical (unpaired) electrons. The molecule has 1 N–H and O–H groups in total. The van der Waals surface area contributed by atoms with Crippen LogP contribution in [0.3, 0.4) is 0 Å². The van der Waals surface area contributed by atoms with E-state index in [2.05, 4.69) is 0 Å². The van der Waals surface area contributed by atoms with Gasteiger partial charge in [-0.2, -0.15) is 0 Å². The molecule has 5 aromatic rings. The molecule has 0 amide bonds. The molecule has 0 aliphatic carbocycles. The number of aryl methyl sites for hydroxylation is 1. The highest BCUT2D eigenvalue weighted by Crippen LogP contribution is 2.32. The van der Waals surface area contributed by atoms with Gasteiger partial charge >= 0.3 is 0 Å². The molecule has 0 atom stereocenters. The summed E-state index contributed by atoms with van der Waals surface area (Å²) in [6.45, 7) is 4.56. The van der Waals surface area contributed by atoms with E-state index in [0.29, 0.717) is 58.6 Å². The van der Waals surface area contributed by atoms with Crippen LogP contribution in [0.15, 0.2) is 101 Å². The predicted molar refractivity (Wildman–Crippen MR) is 184 cm³/mol. The SMILES string of the molecule is CCCCC(=O)CC(=O)c1ccc(OCc2ccccc2)cc1.CCCCc1oc2ccc([N+](=O)[O-])cc2c1C(=O)c1ccc(O)cc1. The van der Waals surface area contributed by atoms with Gasteiger partial charge in [0.05, 0.1) is 16.9 Å². The van der Waals surface area contributed by atoms with Gasteiger partial charge in [-0.25, -0.2) is 0 Å². The topological polar surface area (TPSA) is 137 Å². The number of carbonyl (C=O) groups is 3. The van der Waals surface area contributed by atoms with Crippen molar-refractivity contribution in [2.24, 2.45) is 0 Å². The van der Waals surface area contributed by atoms with Crippen molar-refractivity contribution in [3.8, 4) is 11.5 Å². The third kappa shape index (κ3) is 9.72. The molecule has 48 heavy (non-hydrogen) atoms. The average Bonchev–Trinajstić information content (AvgIpc) is 3.47. The average molecular weight is 650 g/mol. The first-order valence-electron chi connectivity index (χ1n) is 16.0. The van der Waals surface area contributed by atoms with Crippen LogP contribution in [0.1, 0.15) is 90.0 Å². The molecule has 1 heterocycles. The number of phenolic OH excluding ortho intramolecular Hbond substituents is 1. The number of ether oxygens (including phenoxy) is 1. The Labute approximate surface area is 279 Å². The molecule has 0 saturated carbocycles. The molecule has 0 fully saturated rings. The number of carbonyl (C=O) groups excluding carboxylic acids is 3. The number of phenols is 1. The lowest BCUT2D eigenvalue weighted by Crippen LogP contribution is -2.08. The number of ketones is 3. The number of non-ortho nitro benzene ring substituents is 1. The van der Waals surface area contributed by atoms with E-state index in [1.807, 2.05) is 44.2 Å². The number of unbranched alkanes of at least 4 members (excludes halogenated alkanes) is 2. The van der Waals surface area contributed by atoms with Crippen LogP contribution in [0, 0.1) is 10.1 Å². The van der Waals surface area contributed by atoms with Gasteiger partial charge in [-0.15, -0.1) is 0 Å². The summed E-state index contributed by atoms with van der Waals surface area (Å²) in [5.41, 5.74) is 2.77. The van der Waals surface area contributed by atoms with E-state index in [1.165, 1.54) is 42.5 Å². The van der Waals surface area contributed by atoms with Crippen LogP contribution >= 0.6 is 0 Å². The number of hydrogen-bond acceptors (Lipinski definition) is 8. The highest BCUT2D eigenvalue weighted by atomic mass is 16.6. The van der Waals surface area contributed by atoms with Crippen molar-refractivity contribution in [2.75, 3.05) is 0 Å². The van der Waals surface area contributed by atoms with Crippen LogP contribution in [0.25, 0.3) is 11.0 Å². The molecule has 0 spiro atoms. The number of benzene rings is 4. The van der Waals surface area contributed by atoms with Gasteiger partial charge < -0.3 is 14.3 Å². The number of hydrogen-bond donors (Lipinski definition) is 1. The number of fused-ring (bicyclic) bond motifs is 1. The Balaban J connectivity index is 0.000000218. The fourth-order valence-corrected chi connectivity index (χ4v) is 4.99. The quantitative estimate of drug-likeness (QED) is 0.0513. The molecule has 4 aromatic carbocycles. The highest BCUT2D eigenvalue weighted by molar-refractivity contribution is 6.17. The van der Waals surface area contributed by atoms with Gasteiger partial charge in [0.1, 0.15) is 35.2 Å². The summed E-state index contributed by atoms with van der Waals surface area (Å²) in [5, 5.41) is 20.9. The maximum Gasteiger partial charge on any atom is 0.270 e. The Hall–Kier alpha value is -5.57. The van der Waals surface area contributed by atoms with Crippen LogP contribution in [-0.2, 0) is 17.8 Å². The second-order valence-electron chi connectivity index (χ2n) is 11.4. The number of nitro groups is 1. The molecule has 1 aromatic heterocycles. The monoisotopic (exact) mass is 649 g/mol. The van der Waals surface area contributed by atoms with Crippen LogP contribution in [0.5, 0.6) is 11.5 Å².